The molecule has 0 aromatic heterocycles. The summed E-state index contributed by atoms with van der Waals surface area (Å²) in [4.78, 5) is 4.69. The SMILES string of the molecule is CCCC(CCO)CN=C(NCC)NCC1CCCS1.I. The van der Waals surface area contributed by atoms with Gasteiger partial charge in [0.25, 0.3) is 0 Å². The van der Waals surface area contributed by atoms with E-state index < -0.39 is 0 Å². The number of rotatable bonds is 9. The highest BCUT2D eigenvalue weighted by atomic mass is 127. The van der Waals surface area contributed by atoms with Gasteiger partial charge in [-0.25, -0.2) is 0 Å². The zero-order chi connectivity index (χ0) is 14.6. The predicted molar refractivity (Wildman–Crippen MR) is 105 cm³/mol. The van der Waals surface area contributed by atoms with Gasteiger partial charge in [-0.1, -0.05) is 13.3 Å². The molecule has 1 saturated heterocycles. The summed E-state index contributed by atoms with van der Waals surface area (Å²) in [5, 5.41) is 16.6. The van der Waals surface area contributed by atoms with Gasteiger partial charge in [0.15, 0.2) is 5.96 Å². The van der Waals surface area contributed by atoms with Gasteiger partial charge in [-0.3, -0.25) is 4.99 Å². The first-order chi connectivity index (χ1) is 9.80. The highest BCUT2D eigenvalue weighted by Crippen LogP contribution is 2.25. The number of aliphatic hydroxyl groups is 1. The van der Waals surface area contributed by atoms with Crippen molar-refractivity contribution in [3.8, 4) is 0 Å². The van der Waals surface area contributed by atoms with Gasteiger partial charge in [-0.15, -0.1) is 24.0 Å². The maximum absolute atomic E-state index is 9.10. The fourth-order valence-corrected chi connectivity index (χ4v) is 3.70. The topological polar surface area (TPSA) is 56.7 Å². The Hall–Kier alpha value is 0.310. The van der Waals surface area contributed by atoms with Crippen LogP contribution in [0.4, 0.5) is 0 Å². The van der Waals surface area contributed by atoms with Crippen molar-refractivity contribution in [2.24, 2.45) is 10.9 Å². The van der Waals surface area contributed by atoms with Crippen LogP contribution in [0.5, 0.6) is 0 Å². The van der Waals surface area contributed by atoms with Gasteiger partial charge in [0.05, 0.1) is 0 Å². The Kier molecular flexibility index (Phi) is 14.1. The molecule has 0 aliphatic carbocycles. The van der Waals surface area contributed by atoms with E-state index in [0.717, 1.165) is 50.1 Å². The highest BCUT2D eigenvalue weighted by Gasteiger charge is 2.15. The number of aliphatic hydroxyl groups excluding tert-OH is 1. The molecule has 1 aliphatic heterocycles. The second kappa shape index (κ2) is 13.9. The third-order valence-electron chi connectivity index (χ3n) is 3.61. The molecule has 126 valence electrons. The summed E-state index contributed by atoms with van der Waals surface area (Å²) < 4.78 is 0. The number of aliphatic imine (C=N–C) groups is 1. The Balaban J connectivity index is 0.00000400. The lowest BCUT2D eigenvalue weighted by molar-refractivity contribution is 0.253. The molecule has 3 N–H and O–H groups in total. The van der Waals surface area contributed by atoms with Crippen LogP contribution < -0.4 is 10.6 Å². The highest BCUT2D eigenvalue weighted by molar-refractivity contribution is 14.0. The summed E-state index contributed by atoms with van der Waals surface area (Å²) in [6.45, 7) is 7.26. The Labute approximate surface area is 151 Å². The number of halogens is 1. The van der Waals surface area contributed by atoms with E-state index in [9.17, 15) is 0 Å². The third-order valence-corrected chi connectivity index (χ3v) is 5.01. The molecule has 21 heavy (non-hydrogen) atoms. The van der Waals surface area contributed by atoms with E-state index in [2.05, 4.69) is 41.2 Å². The molecule has 4 nitrogen and oxygen atoms in total. The molecular formula is C15H32IN3OS. The van der Waals surface area contributed by atoms with E-state index in [4.69, 9.17) is 5.11 Å². The summed E-state index contributed by atoms with van der Waals surface area (Å²) in [5.74, 6) is 2.73. The van der Waals surface area contributed by atoms with E-state index >= 15 is 0 Å². The first-order valence-electron chi connectivity index (χ1n) is 8.04. The molecule has 0 spiro atoms. The average molecular weight is 429 g/mol. The van der Waals surface area contributed by atoms with Crippen LogP contribution in [0, 0.1) is 5.92 Å². The second-order valence-corrected chi connectivity index (χ2v) is 6.81. The van der Waals surface area contributed by atoms with Crippen molar-refractivity contribution in [2.75, 3.05) is 32.0 Å². The third kappa shape index (κ3) is 9.84. The maximum atomic E-state index is 9.10. The van der Waals surface area contributed by atoms with Gasteiger partial charge >= 0.3 is 0 Å². The van der Waals surface area contributed by atoms with Crippen LogP contribution in [-0.4, -0.2) is 48.3 Å². The van der Waals surface area contributed by atoms with E-state index in [1.165, 1.54) is 18.6 Å². The standard InChI is InChI=1S/C15H31N3OS.HI/c1-3-6-13(8-9-19)11-17-15(16-4-2)18-12-14-7-5-10-20-14;/h13-14,19H,3-12H2,1-2H3,(H2,16,17,18);1H. The maximum Gasteiger partial charge on any atom is 0.191 e. The van der Waals surface area contributed by atoms with Crippen LogP contribution in [0.1, 0.15) is 46.0 Å². The normalized spacial score (nSPS) is 20.0. The largest absolute Gasteiger partial charge is 0.396 e. The summed E-state index contributed by atoms with van der Waals surface area (Å²) in [7, 11) is 0. The molecule has 1 heterocycles. The average Bonchev–Trinajstić information content (AvgIpc) is 2.95. The lowest BCUT2D eigenvalue weighted by atomic mass is 10.0. The minimum absolute atomic E-state index is 0. The van der Waals surface area contributed by atoms with Crippen LogP contribution in [0.25, 0.3) is 0 Å². The molecule has 0 saturated carbocycles. The second-order valence-electron chi connectivity index (χ2n) is 5.40. The lowest BCUT2D eigenvalue weighted by Gasteiger charge is -2.17. The Morgan fingerprint density at radius 1 is 1.33 bits per heavy atom. The molecule has 0 aromatic carbocycles. The monoisotopic (exact) mass is 429 g/mol. The number of hydrogen-bond acceptors (Lipinski definition) is 3. The number of guanidine groups is 1. The molecular weight excluding hydrogens is 397 g/mol. The van der Waals surface area contributed by atoms with Crippen molar-refractivity contribution in [3.05, 3.63) is 0 Å². The minimum Gasteiger partial charge on any atom is -0.396 e. The van der Waals surface area contributed by atoms with Crippen LogP contribution in [-0.2, 0) is 0 Å². The van der Waals surface area contributed by atoms with Crippen LogP contribution >= 0.6 is 35.7 Å². The van der Waals surface area contributed by atoms with Crippen molar-refractivity contribution in [1.29, 1.82) is 0 Å². The molecule has 2 unspecified atom stereocenters. The van der Waals surface area contributed by atoms with Gasteiger partial charge in [0, 0.05) is 31.5 Å². The van der Waals surface area contributed by atoms with Crippen molar-refractivity contribution < 1.29 is 5.11 Å². The van der Waals surface area contributed by atoms with E-state index in [0.29, 0.717) is 5.92 Å². The quantitative estimate of drug-likeness (QED) is 0.300. The summed E-state index contributed by atoms with van der Waals surface area (Å²) in [6.07, 6.45) is 5.82. The van der Waals surface area contributed by atoms with Crippen LogP contribution in [0.15, 0.2) is 4.99 Å². The van der Waals surface area contributed by atoms with Crippen molar-refractivity contribution >= 4 is 41.7 Å². The van der Waals surface area contributed by atoms with Gasteiger partial charge in [0.1, 0.15) is 0 Å². The van der Waals surface area contributed by atoms with Gasteiger partial charge in [-0.05, 0) is 44.3 Å². The predicted octanol–water partition coefficient (Wildman–Crippen LogP) is 2.85. The molecule has 6 heteroatoms. The number of hydrogen-bond donors (Lipinski definition) is 3. The Morgan fingerprint density at radius 3 is 2.71 bits per heavy atom. The molecule has 0 aromatic rings. The van der Waals surface area contributed by atoms with Crippen molar-refractivity contribution in [3.63, 3.8) is 0 Å². The van der Waals surface area contributed by atoms with Crippen LogP contribution in [0.3, 0.4) is 0 Å². The molecule has 1 aliphatic rings. The zero-order valence-corrected chi connectivity index (χ0v) is 16.6. The number of thioether (sulfide) groups is 1. The van der Waals surface area contributed by atoms with E-state index in [-0.39, 0.29) is 30.6 Å². The molecule has 2 atom stereocenters. The van der Waals surface area contributed by atoms with E-state index in [1.54, 1.807) is 0 Å². The minimum atomic E-state index is 0. The summed E-state index contributed by atoms with van der Waals surface area (Å²) in [6, 6.07) is 0. The van der Waals surface area contributed by atoms with Gasteiger partial charge < -0.3 is 15.7 Å². The first-order valence-corrected chi connectivity index (χ1v) is 9.09. The summed E-state index contributed by atoms with van der Waals surface area (Å²) in [5.41, 5.74) is 0. The number of nitrogens with one attached hydrogen (secondary N) is 2. The molecule has 0 amide bonds. The van der Waals surface area contributed by atoms with Gasteiger partial charge in [-0.2, -0.15) is 11.8 Å². The molecule has 1 fully saturated rings. The van der Waals surface area contributed by atoms with E-state index in [1.807, 2.05) is 0 Å². The van der Waals surface area contributed by atoms with Gasteiger partial charge in [0.2, 0.25) is 0 Å². The van der Waals surface area contributed by atoms with Crippen molar-refractivity contribution in [1.82, 2.24) is 10.6 Å². The smallest absolute Gasteiger partial charge is 0.191 e. The Bertz CT molecular complexity index is 268. The molecule has 0 bridgehead atoms. The Morgan fingerprint density at radius 2 is 2.14 bits per heavy atom. The summed E-state index contributed by atoms with van der Waals surface area (Å²) >= 11 is 2.06. The fourth-order valence-electron chi connectivity index (χ4n) is 2.50. The van der Waals surface area contributed by atoms with Crippen molar-refractivity contribution in [2.45, 2.75) is 51.2 Å². The van der Waals surface area contributed by atoms with Crippen LogP contribution in [0.2, 0.25) is 0 Å². The molecule has 1 rings (SSSR count). The number of nitrogens with zero attached hydrogens (tertiary/aromatic N) is 1. The zero-order valence-electron chi connectivity index (χ0n) is 13.4. The fraction of sp³-hybridized carbons (Fsp3) is 0.933. The first kappa shape index (κ1) is 21.3. The lowest BCUT2D eigenvalue weighted by Crippen LogP contribution is -2.40. The molecule has 0 radical (unpaired) electrons.